The number of rotatable bonds is 4. The molecule has 6 nitrogen and oxygen atoms in total. The third-order valence-corrected chi connectivity index (χ3v) is 1.60. The molecule has 1 rings (SSSR count). The van der Waals surface area contributed by atoms with Crippen molar-refractivity contribution < 1.29 is 4.79 Å². The molecule has 0 aromatic carbocycles. The lowest BCUT2D eigenvalue weighted by Gasteiger charge is -2.01. The number of pyridine rings is 1. The molecule has 2 N–H and O–H groups in total. The Morgan fingerprint density at radius 1 is 1.44 bits per heavy atom. The van der Waals surface area contributed by atoms with E-state index in [1.54, 1.807) is 12.1 Å². The lowest BCUT2D eigenvalue weighted by Crippen LogP contribution is -2.16. The van der Waals surface area contributed by atoms with Crippen molar-refractivity contribution in [1.29, 1.82) is 0 Å². The van der Waals surface area contributed by atoms with E-state index in [9.17, 15) is 4.79 Å². The van der Waals surface area contributed by atoms with Gasteiger partial charge >= 0.3 is 0 Å². The molecule has 1 aromatic rings. The standard InChI is InChI=1S/C10H13N5O/c1-7(2)13-14-9-5-4-8(6-12-9)10(16)15-11-3/h4-6H,3H2,1-2H3,(H,12,14)(H,15,16). The van der Waals surface area contributed by atoms with Gasteiger partial charge in [0.2, 0.25) is 0 Å². The van der Waals surface area contributed by atoms with Gasteiger partial charge in [0.15, 0.2) is 0 Å². The van der Waals surface area contributed by atoms with Gasteiger partial charge in [-0.3, -0.25) is 10.2 Å². The van der Waals surface area contributed by atoms with Crippen LogP contribution in [0.25, 0.3) is 0 Å². The van der Waals surface area contributed by atoms with Gasteiger partial charge in [-0.2, -0.15) is 10.2 Å². The first-order chi connectivity index (χ1) is 7.63. The van der Waals surface area contributed by atoms with Gasteiger partial charge in [0.05, 0.1) is 5.56 Å². The normalized spacial score (nSPS) is 9.12. The molecule has 1 amide bonds. The van der Waals surface area contributed by atoms with Gasteiger partial charge in [0.1, 0.15) is 5.82 Å². The number of hydrogen-bond donors (Lipinski definition) is 2. The lowest BCUT2D eigenvalue weighted by atomic mass is 10.3. The van der Waals surface area contributed by atoms with Crippen LogP contribution in [0, 0.1) is 0 Å². The maximum Gasteiger partial charge on any atom is 0.272 e. The summed E-state index contributed by atoms with van der Waals surface area (Å²) in [7, 11) is 0. The molecule has 84 valence electrons. The Labute approximate surface area is 93.5 Å². The zero-order chi connectivity index (χ0) is 12.0. The fraction of sp³-hybridized carbons (Fsp3) is 0.200. The van der Waals surface area contributed by atoms with Crippen LogP contribution in [0.15, 0.2) is 28.5 Å². The van der Waals surface area contributed by atoms with Gasteiger partial charge in [0, 0.05) is 18.6 Å². The van der Waals surface area contributed by atoms with Crippen LogP contribution in [0.1, 0.15) is 24.2 Å². The molecule has 0 atom stereocenters. The van der Waals surface area contributed by atoms with E-state index in [1.807, 2.05) is 13.8 Å². The number of hydrazone groups is 2. The van der Waals surface area contributed by atoms with Crippen molar-refractivity contribution in [2.24, 2.45) is 10.2 Å². The Morgan fingerprint density at radius 3 is 2.69 bits per heavy atom. The summed E-state index contributed by atoms with van der Waals surface area (Å²) >= 11 is 0. The first-order valence-electron chi connectivity index (χ1n) is 4.62. The fourth-order valence-corrected chi connectivity index (χ4v) is 0.900. The van der Waals surface area contributed by atoms with E-state index in [4.69, 9.17) is 0 Å². The molecule has 0 saturated heterocycles. The number of aromatic nitrogens is 1. The molecule has 0 spiro atoms. The van der Waals surface area contributed by atoms with E-state index in [0.717, 1.165) is 5.71 Å². The highest BCUT2D eigenvalue weighted by atomic mass is 16.2. The molecule has 0 fully saturated rings. The first-order valence-corrected chi connectivity index (χ1v) is 4.62. The number of anilines is 1. The highest BCUT2D eigenvalue weighted by Crippen LogP contribution is 2.04. The fourth-order valence-electron chi connectivity index (χ4n) is 0.900. The van der Waals surface area contributed by atoms with Crippen molar-refractivity contribution in [3.63, 3.8) is 0 Å². The highest BCUT2D eigenvalue weighted by molar-refractivity contribution is 5.93. The van der Waals surface area contributed by atoms with Crippen molar-refractivity contribution in [1.82, 2.24) is 10.4 Å². The van der Waals surface area contributed by atoms with Gasteiger partial charge < -0.3 is 0 Å². The Balaban J connectivity index is 2.71. The minimum Gasteiger partial charge on any atom is -0.267 e. The molecule has 0 aliphatic heterocycles. The summed E-state index contributed by atoms with van der Waals surface area (Å²) in [6.45, 7) is 6.89. The van der Waals surface area contributed by atoms with Gasteiger partial charge in [-0.1, -0.05) is 0 Å². The number of nitrogens with one attached hydrogen (secondary N) is 2. The predicted octanol–water partition coefficient (Wildman–Crippen LogP) is 1.23. The Hall–Kier alpha value is -2.24. The maximum atomic E-state index is 11.3. The minimum atomic E-state index is -0.343. The van der Waals surface area contributed by atoms with E-state index in [-0.39, 0.29) is 5.91 Å². The number of carbonyl (C=O) groups excluding carboxylic acids is 1. The van der Waals surface area contributed by atoms with Gasteiger partial charge in [-0.05, 0) is 26.0 Å². The van der Waals surface area contributed by atoms with E-state index in [0.29, 0.717) is 11.4 Å². The van der Waals surface area contributed by atoms with E-state index < -0.39 is 0 Å². The number of nitrogens with zero attached hydrogens (tertiary/aromatic N) is 3. The summed E-state index contributed by atoms with van der Waals surface area (Å²) in [5.74, 6) is 0.230. The van der Waals surface area contributed by atoms with Crippen LogP contribution in [0.3, 0.4) is 0 Å². The molecule has 1 heterocycles. The quantitative estimate of drug-likeness (QED) is 0.590. The van der Waals surface area contributed by atoms with Crippen molar-refractivity contribution in [3.8, 4) is 0 Å². The zero-order valence-corrected chi connectivity index (χ0v) is 9.19. The van der Waals surface area contributed by atoms with Gasteiger partial charge in [0.25, 0.3) is 5.91 Å². The van der Waals surface area contributed by atoms with E-state index >= 15 is 0 Å². The monoisotopic (exact) mass is 219 g/mol. The average Bonchev–Trinajstić information content (AvgIpc) is 2.27. The Morgan fingerprint density at radius 2 is 2.19 bits per heavy atom. The lowest BCUT2D eigenvalue weighted by molar-refractivity contribution is 0.0955. The molecule has 0 aliphatic carbocycles. The average molecular weight is 219 g/mol. The molecule has 0 radical (unpaired) electrons. The van der Waals surface area contributed by atoms with Crippen LogP contribution in [-0.2, 0) is 0 Å². The molecular formula is C10H13N5O. The summed E-state index contributed by atoms with van der Waals surface area (Å²) < 4.78 is 0. The second-order valence-corrected chi connectivity index (χ2v) is 3.20. The van der Waals surface area contributed by atoms with Crippen LogP contribution in [0.5, 0.6) is 0 Å². The number of amides is 1. The third kappa shape index (κ3) is 3.49. The smallest absolute Gasteiger partial charge is 0.267 e. The van der Waals surface area contributed by atoms with E-state index in [1.165, 1.54) is 6.20 Å². The van der Waals surface area contributed by atoms with Crippen molar-refractivity contribution in [2.75, 3.05) is 5.43 Å². The summed E-state index contributed by atoms with van der Waals surface area (Å²) in [5, 5.41) is 7.26. The molecule has 16 heavy (non-hydrogen) atoms. The van der Waals surface area contributed by atoms with Crippen LogP contribution < -0.4 is 10.9 Å². The third-order valence-electron chi connectivity index (χ3n) is 1.60. The minimum absolute atomic E-state index is 0.343. The maximum absolute atomic E-state index is 11.3. The van der Waals surface area contributed by atoms with Crippen LogP contribution in [0.2, 0.25) is 0 Å². The number of carbonyl (C=O) groups is 1. The summed E-state index contributed by atoms with van der Waals surface area (Å²) in [5.41, 5.74) is 6.27. The van der Waals surface area contributed by atoms with Crippen molar-refractivity contribution in [3.05, 3.63) is 23.9 Å². The highest BCUT2D eigenvalue weighted by Gasteiger charge is 2.03. The van der Waals surface area contributed by atoms with Crippen LogP contribution >= 0.6 is 0 Å². The van der Waals surface area contributed by atoms with E-state index in [2.05, 4.69) is 32.8 Å². The predicted molar refractivity (Wildman–Crippen MR) is 63.7 cm³/mol. The molecule has 0 saturated carbocycles. The van der Waals surface area contributed by atoms with Gasteiger partial charge in [-0.25, -0.2) is 10.4 Å². The topological polar surface area (TPSA) is 78.7 Å². The molecule has 0 aliphatic rings. The number of hydrogen-bond acceptors (Lipinski definition) is 5. The Bertz CT molecular complexity index is 406. The second kappa shape index (κ2) is 5.59. The zero-order valence-electron chi connectivity index (χ0n) is 9.19. The molecular weight excluding hydrogens is 206 g/mol. The second-order valence-electron chi connectivity index (χ2n) is 3.20. The summed E-state index contributed by atoms with van der Waals surface area (Å²) in [4.78, 5) is 15.3. The Kier molecular flexibility index (Phi) is 4.14. The first kappa shape index (κ1) is 11.8. The van der Waals surface area contributed by atoms with Crippen molar-refractivity contribution >= 4 is 24.2 Å². The molecule has 0 bridgehead atoms. The SMILES string of the molecule is C=NNC(=O)c1ccc(NN=C(C)C)nc1. The van der Waals surface area contributed by atoms with Gasteiger partial charge in [-0.15, -0.1) is 0 Å². The molecule has 0 unspecified atom stereocenters. The molecule has 1 aromatic heterocycles. The van der Waals surface area contributed by atoms with Crippen molar-refractivity contribution in [2.45, 2.75) is 13.8 Å². The largest absolute Gasteiger partial charge is 0.272 e. The van der Waals surface area contributed by atoms with Crippen LogP contribution in [-0.4, -0.2) is 23.3 Å². The van der Waals surface area contributed by atoms with Crippen LogP contribution in [0.4, 0.5) is 5.82 Å². The summed E-state index contributed by atoms with van der Waals surface area (Å²) in [6.07, 6.45) is 1.43. The molecule has 6 heteroatoms. The summed E-state index contributed by atoms with van der Waals surface area (Å²) in [6, 6.07) is 3.28.